The van der Waals surface area contributed by atoms with Crippen LogP contribution in [-0.4, -0.2) is 5.75 Å². The van der Waals surface area contributed by atoms with E-state index in [0.29, 0.717) is 0 Å². The second-order valence-corrected chi connectivity index (χ2v) is 6.44. The fourth-order valence-corrected chi connectivity index (χ4v) is 4.12. The summed E-state index contributed by atoms with van der Waals surface area (Å²) in [7, 11) is 0. The van der Waals surface area contributed by atoms with Crippen LogP contribution < -0.4 is 5.73 Å². The lowest BCUT2D eigenvalue weighted by atomic mass is 10.1. The lowest BCUT2D eigenvalue weighted by Gasteiger charge is -2.08. The van der Waals surface area contributed by atoms with Crippen LogP contribution in [0, 0.1) is 0 Å². The van der Waals surface area contributed by atoms with Gasteiger partial charge in [0.25, 0.3) is 0 Å². The third kappa shape index (κ3) is 2.65. The summed E-state index contributed by atoms with van der Waals surface area (Å²) in [6.45, 7) is 4.20. The van der Waals surface area contributed by atoms with Crippen LogP contribution in [0.4, 0.5) is 0 Å². The summed E-state index contributed by atoms with van der Waals surface area (Å²) < 4.78 is 0. The molecular weight excluding hydrogens is 222 g/mol. The Morgan fingerprint density at radius 2 is 2.33 bits per heavy atom. The van der Waals surface area contributed by atoms with Crippen molar-refractivity contribution in [3.8, 4) is 0 Å². The standard InChI is InChI=1S/C12H17NS2/c1-8(2)5-10(13)12-6-9-7-14-4-3-11(9)15-12/h5-6,10H,3-4,7,13H2,1-2H3. The molecule has 0 amide bonds. The average Bonchev–Trinajstić information content (AvgIpc) is 2.59. The maximum Gasteiger partial charge on any atom is 0.0578 e. The number of fused-ring (bicyclic) bond motifs is 1. The lowest BCUT2D eigenvalue weighted by Crippen LogP contribution is -2.05. The van der Waals surface area contributed by atoms with Gasteiger partial charge >= 0.3 is 0 Å². The molecular formula is C12H17NS2. The smallest absolute Gasteiger partial charge is 0.0578 e. The molecule has 15 heavy (non-hydrogen) atoms. The predicted octanol–water partition coefficient (Wildman–Crippen LogP) is 3.50. The maximum atomic E-state index is 6.14. The number of hydrogen-bond donors (Lipinski definition) is 1. The Morgan fingerprint density at radius 3 is 3.00 bits per heavy atom. The zero-order chi connectivity index (χ0) is 10.8. The Hall–Kier alpha value is -0.250. The average molecular weight is 239 g/mol. The van der Waals surface area contributed by atoms with Crippen LogP contribution in [0.2, 0.25) is 0 Å². The maximum absolute atomic E-state index is 6.14. The Kier molecular flexibility index (Phi) is 3.54. The predicted molar refractivity (Wildman–Crippen MR) is 70.5 cm³/mol. The number of hydrogen-bond acceptors (Lipinski definition) is 3. The van der Waals surface area contributed by atoms with Gasteiger partial charge in [0, 0.05) is 15.5 Å². The summed E-state index contributed by atoms with van der Waals surface area (Å²) in [6.07, 6.45) is 3.37. The summed E-state index contributed by atoms with van der Waals surface area (Å²) in [6, 6.07) is 2.40. The van der Waals surface area contributed by atoms with Crippen LogP contribution in [0.25, 0.3) is 0 Å². The summed E-state index contributed by atoms with van der Waals surface area (Å²) in [5.74, 6) is 2.44. The van der Waals surface area contributed by atoms with Gasteiger partial charge in [-0.25, -0.2) is 0 Å². The van der Waals surface area contributed by atoms with Gasteiger partial charge < -0.3 is 5.73 Å². The fraction of sp³-hybridized carbons (Fsp3) is 0.500. The van der Waals surface area contributed by atoms with Gasteiger partial charge in [0.1, 0.15) is 0 Å². The Balaban J connectivity index is 2.22. The number of nitrogens with two attached hydrogens (primary N) is 1. The van der Waals surface area contributed by atoms with Gasteiger partial charge in [0.15, 0.2) is 0 Å². The van der Waals surface area contributed by atoms with E-state index >= 15 is 0 Å². The second kappa shape index (κ2) is 4.73. The number of thiophene rings is 1. The Morgan fingerprint density at radius 1 is 1.53 bits per heavy atom. The van der Waals surface area contributed by atoms with Crippen molar-refractivity contribution in [2.45, 2.75) is 32.1 Å². The first kappa shape index (κ1) is 11.2. The molecule has 0 aliphatic carbocycles. The highest BCUT2D eigenvalue weighted by Gasteiger charge is 2.15. The van der Waals surface area contributed by atoms with Gasteiger partial charge in [-0.15, -0.1) is 11.3 Å². The summed E-state index contributed by atoms with van der Waals surface area (Å²) >= 11 is 3.93. The van der Waals surface area contributed by atoms with E-state index in [9.17, 15) is 0 Å². The van der Waals surface area contributed by atoms with Gasteiger partial charge in [-0.1, -0.05) is 11.6 Å². The molecule has 1 aliphatic rings. The Bertz CT molecular complexity index is 351. The van der Waals surface area contributed by atoms with Crippen molar-refractivity contribution >= 4 is 23.1 Å². The van der Waals surface area contributed by atoms with Gasteiger partial charge in [-0.2, -0.15) is 11.8 Å². The minimum absolute atomic E-state index is 0.0931. The van der Waals surface area contributed by atoms with E-state index < -0.39 is 0 Å². The van der Waals surface area contributed by atoms with E-state index in [1.165, 1.54) is 33.9 Å². The van der Waals surface area contributed by atoms with E-state index in [4.69, 9.17) is 5.73 Å². The molecule has 2 heterocycles. The zero-order valence-electron chi connectivity index (χ0n) is 9.25. The molecule has 0 bridgehead atoms. The van der Waals surface area contributed by atoms with Crippen LogP contribution in [-0.2, 0) is 12.2 Å². The van der Waals surface area contributed by atoms with Crippen molar-refractivity contribution in [1.82, 2.24) is 0 Å². The van der Waals surface area contributed by atoms with Crippen LogP contribution in [0.15, 0.2) is 17.7 Å². The van der Waals surface area contributed by atoms with Crippen molar-refractivity contribution in [3.63, 3.8) is 0 Å². The zero-order valence-corrected chi connectivity index (χ0v) is 10.9. The molecule has 0 saturated carbocycles. The Labute approximate surface area is 99.8 Å². The molecule has 82 valence electrons. The van der Waals surface area contributed by atoms with Crippen molar-refractivity contribution in [3.05, 3.63) is 33.0 Å². The monoisotopic (exact) mass is 239 g/mol. The molecule has 0 fully saturated rings. The first-order valence-corrected chi connectivity index (χ1v) is 7.24. The summed E-state index contributed by atoms with van der Waals surface area (Å²) in [5.41, 5.74) is 8.95. The molecule has 2 N–H and O–H groups in total. The van der Waals surface area contributed by atoms with Crippen molar-refractivity contribution in [2.24, 2.45) is 5.73 Å². The number of allylic oxidation sites excluding steroid dienone is 1. The lowest BCUT2D eigenvalue weighted by molar-refractivity contribution is 0.921. The molecule has 1 aromatic heterocycles. The largest absolute Gasteiger partial charge is 0.320 e. The first-order chi connectivity index (χ1) is 7.16. The number of thioether (sulfide) groups is 1. The van der Waals surface area contributed by atoms with E-state index in [0.717, 1.165) is 0 Å². The molecule has 1 aromatic rings. The third-order valence-electron chi connectivity index (χ3n) is 2.49. The van der Waals surface area contributed by atoms with Crippen LogP contribution >= 0.6 is 23.1 Å². The van der Waals surface area contributed by atoms with E-state index in [1.54, 1.807) is 4.88 Å². The van der Waals surface area contributed by atoms with E-state index in [1.807, 2.05) is 23.1 Å². The van der Waals surface area contributed by atoms with Crippen molar-refractivity contribution in [2.75, 3.05) is 5.75 Å². The topological polar surface area (TPSA) is 26.0 Å². The van der Waals surface area contributed by atoms with Crippen LogP contribution in [0.3, 0.4) is 0 Å². The van der Waals surface area contributed by atoms with Crippen molar-refractivity contribution < 1.29 is 0 Å². The summed E-state index contributed by atoms with van der Waals surface area (Å²) in [4.78, 5) is 2.88. The highest BCUT2D eigenvalue weighted by molar-refractivity contribution is 7.98. The molecule has 0 radical (unpaired) electrons. The van der Waals surface area contributed by atoms with Gasteiger partial charge in [0.2, 0.25) is 0 Å². The van der Waals surface area contributed by atoms with E-state index in [2.05, 4.69) is 26.0 Å². The molecule has 1 nitrogen and oxygen atoms in total. The molecule has 1 atom stereocenters. The first-order valence-electron chi connectivity index (χ1n) is 5.26. The molecule has 0 saturated heterocycles. The second-order valence-electron chi connectivity index (χ2n) is 4.17. The van der Waals surface area contributed by atoms with Gasteiger partial charge in [-0.05, 0) is 37.7 Å². The van der Waals surface area contributed by atoms with Crippen molar-refractivity contribution in [1.29, 1.82) is 0 Å². The van der Waals surface area contributed by atoms with Gasteiger partial charge in [-0.3, -0.25) is 0 Å². The fourth-order valence-electron chi connectivity index (χ4n) is 1.78. The van der Waals surface area contributed by atoms with Crippen LogP contribution in [0.1, 0.15) is 35.2 Å². The number of aryl methyl sites for hydroxylation is 1. The van der Waals surface area contributed by atoms with Crippen LogP contribution in [0.5, 0.6) is 0 Å². The molecule has 2 rings (SSSR count). The number of rotatable bonds is 2. The minimum atomic E-state index is 0.0931. The highest BCUT2D eigenvalue weighted by Crippen LogP contribution is 2.34. The SMILES string of the molecule is CC(C)=CC(N)c1cc2c(s1)CCSC2. The third-order valence-corrected chi connectivity index (χ3v) is 4.83. The van der Waals surface area contributed by atoms with Gasteiger partial charge in [0.05, 0.1) is 6.04 Å². The molecule has 0 aromatic carbocycles. The van der Waals surface area contributed by atoms with E-state index in [-0.39, 0.29) is 6.04 Å². The minimum Gasteiger partial charge on any atom is -0.320 e. The molecule has 0 spiro atoms. The molecule has 3 heteroatoms. The quantitative estimate of drug-likeness (QED) is 0.799. The highest BCUT2D eigenvalue weighted by atomic mass is 32.2. The molecule has 1 aliphatic heterocycles. The summed E-state index contributed by atoms with van der Waals surface area (Å²) in [5, 5.41) is 0. The normalized spacial score (nSPS) is 17.0. The molecule has 1 unspecified atom stereocenters.